The van der Waals surface area contributed by atoms with Gasteiger partial charge in [0.2, 0.25) is 0 Å². The van der Waals surface area contributed by atoms with Crippen molar-refractivity contribution in [3.05, 3.63) is 29.6 Å². The molecular weight excluding hydrogens is 242 g/mol. The lowest BCUT2D eigenvalue weighted by Crippen LogP contribution is -2.30. The van der Waals surface area contributed by atoms with Crippen LogP contribution in [0.5, 0.6) is 0 Å². The van der Waals surface area contributed by atoms with Crippen LogP contribution in [-0.4, -0.2) is 16.0 Å². The van der Waals surface area contributed by atoms with Crippen LogP contribution in [0, 0.1) is 6.92 Å². The standard InChI is InChI=1S/C14H23N3S/c1-11-7-12(9-16-8-11)14(17-15)10-18-13-5-3-2-4-6-13/h7-9,13-14,17H,2-6,10,15H2,1H3. The molecule has 1 aliphatic rings. The lowest BCUT2D eigenvalue weighted by atomic mass is 10.0. The third-order valence-electron chi connectivity index (χ3n) is 3.55. The van der Waals surface area contributed by atoms with Gasteiger partial charge in [-0.25, -0.2) is 0 Å². The zero-order valence-electron chi connectivity index (χ0n) is 11.1. The normalized spacial score (nSPS) is 18.8. The summed E-state index contributed by atoms with van der Waals surface area (Å²) in [5.74, 6) is 6.71. The van der Waals surface area contributed by atoms with Crippen LogP contribution in [0.3, 0.4) is 0 Å². The van der Waals surface area contributed by atoms with E-state index in [4.69, 9.17) is 5.84 Å². The summed E-state index contributed by atoms with van der Waals surface area (Å²) in [7, 11) is 0. The SMILES string of the molecule is Cc1cncc(C(CSC2CCCCC2)NN)c1. The van der Waals surface area contributed by atoms with Gasteiger partial charge in [-0.3, -0.25) is 16.3 Å². The molecule has 2 rings (SSSR count). The number of aryl methyl sites for hydroxylation is 1. The maximum absolute atomic E-state index is 5.68. The van der Waals surface area contributed by atoms with Crippen LogP contribution in [0.1, 0.15) is 49.3 Å². The second-order valence-corrected chi connectivity index (χ2v) is 6.44. The van der Waals surface area contributed by atoms with Gasteiger partial charge in [0, 0.05) is 23.4 Å². The lowest BCUT2D eigenvalue weighted by molar-refractivity contribution is 0.514. The molecule has 1 atom stereocenters. The fourth-order valence-electron chi connectivity index (χ4n) is 2.47. The van der Waals surface area contributed by atoms with Gasteiger partial charge in [-0.1, -0.05) is 25.3 Å². The van der Waals surface area contributed by atoms with Crippen LogP contribution < -0.4 is 11.3 Å². The van der Waals surface area contributed by atoms with Crippen LogP contribution in [0.25, 0.3) is 0 Å². The van der Waals surface area contributed by atoms with Gasteiger partial charge < -0.3 is 0 Å². The van der Waals surface area contributed by atoms with Gasteiger partial charge in [0.25, 0.3) is 0 Å². The highest BCUT2D eigenvalue weighted by Crippen LogP contribution is 2.30. The van der Waals surface area contributed by atoms with Gasteiger partial charge in [0.15, 0.2) is 0 Å². The Morgan fingerprint density at radius 3 is 2.83 bits per heavy atom. The molecule has 1 aliphatic carbocycles. The van der Waals surface area contributed by atoms with E-state index in [2.05, 4.69) is 35.2 Å². The van der Waals surface area contributed by atoms with Crippen LogP contribution >= 0.6 is 11.8 Å². The highest BCUT2D eigenvalue weighted by atomic mass is 32.2. The van der Waals surface area contributed by atoms with Gasteiger partial charge in [-0.2, -0.15) is 11.8 Å². The first-order valence-corrected chi connectivity index (χ1v) is 7.84. The second-order valence-electron chi connectivity index (χ2n) is 5.11. The highest BCUT2D eigenvalue weighted by Gasteiger charge is 2.17. The van der Waals surface area contributed by atoms with Crippen molar-refractivity contribution >= 4 is 11.8 Å². The van der Waals surface area contributed by atoms with Crippen molar-refractivity contribution in [2.24, 2.45) is 5.84 Å². The van der Waals surface area contributed by atoms with Crippen LogP contribution in [0.15, 0.2) is 18.5 Å². The molecular formula is C14H23N3S. The predicted molar refractivity (Wildman–Crippen MR) is 78.4 cm³/mol. The molecule has 3 nitrogen and oxygen atoms in total. The molecule has 1 fully saturated rings. The molecule has 1 aromatic heterocycles. The topological polar surface area (TPSA) is 50.9 Å². The fourth-order valence-corrected chi connectivity index (χ4v) is 3.89. The van der Waals surface area contributed by atoms with Crippen molar-refractivity contribution in [1.82, 2.24) is 10.4 Å². The summed E-state index contributed by atoms with van der Waals surface area (Å²) in [6.45, 7) is 2.07. The molecule has 0 aliphatic heterocycles. The minimum absolute atomic E-state index is 0.212. The molecule has 4 heteroatoms. The average molecular weight is 265 g/mol. The average Bonchev–Trinajstić information content (AvgIpc) is 2.41. The lowest BCUT2D eigenvalue weighted by Gasteiger charge is -2.24. The van der Waals surface area contributed by atoms with Crippen molar-refractivity contribution in [3.63, 3.8) is 0 Å². The number of nitrogens with two attached hydrogens (primary N) is 1. The molecule has 0 radical (unpaired) electrons. The predicted octanol–water partition coefficient (Wildman–Crippen LogP) is 2.96. The van der Waals surface area contributed by atoms with Gasteiger partial charge in [0.05, 0.1) is 6.04 Å². The summed E-state index contributed by atoms with van der Waals surface area (Å²) in [5.41, 5.74) is 5.31. The Morgan fingerprint density at radius 2 is 2.17 bits per heavy atom. The molecule has 0 aromatic carbocycles. The molecule has 0 amide bonds. The van der Waals surface area contributed by atoms with Crippen LogP contribution in [-0.2, 0) is 0 Å². The monoisotopic (exact) mass is 265 g/mol. The first kappa shape index (κ1) is 13.8. The van der Waals surface area contributed by atoms with E-state index in [0.29, 0.717) is 0 Å². The van der Waals surface area contributed by atoms with Crippen LogP contribution in [0.4, 0.5) is 0 Å². The van der Waals surface area contributed by atoms with Crippen molar-refractivity contribution in [3.8, 4) is 0 Å². The summed E-state index contributed by atoms with van der Waals surface area (Å²) in [4.78, 5) is 4.24. The quantitative estimate of drug-likeness (QED) is 0.635. The van der Waals surface area contributed by atoms with E-state index in [-0.39, 0.29) is 6.04 Å². The van der Waals surface area contributed by atoms with E-state index in [1.54, 1.807) is 0 Å². The summed E-state index contributed by atoms with van der Waals surface area (Å²) >= 11 is 2.06. The molecule has 1 aromatic rings. The largest absolute Gasteiger partial charge is 0.271 e. The number of thioether (sulfide) groups is 1. The third kappa shape index (κ3) is 3.97. The van der Waals surface area contributed by atoms with Crippen LogP contribution in [0.2, 0.25) is 0 Å². The summed E-state index contributed by atoms with van der Waals surface area (Å²) in [5, 5.41) is 0.826. The number of nitrogens with one attached hydrogen (secondary N) is 1. The van der Waals surface area contributed by atoms with Gasteiger partial charge in [0.1, 0.15) is 0 Å². The van der Waals surface area contributed by atoms with Crippen molar-refractivity contribution in [2.45, 2.75) is 50.3 Å². The molecule has 100 valence electrons. The zero-order chi connectivity index (χ0) is 12.8. The third-order valence-corrected chi connectivity index (χ3v) is 5.02. The Hall–Kier alpha value is -0.580. The number of hydrazine groups is 1. The summed E-state index contributed by atoms with van der Waals surface area (Å²) in [6, 6.07) is 2.38. The Bertz CT molecular complexity index is 364. The van der Waals surface area contributed by atoms with Crippen molar-refractivity contribution < 1.29 is 0 Å². The van der Waals surface area contributed by atoms with E-state index in [9.17, 15) is 0 Å². The van der Waals surface area contributed by atoms with Gasteiger partial charge in [-0.05, 0) is 30.9 Å². The number of nitrogens with zero attached hydrogens (tertiary/aromatic N) is 1. The molecule has 1 unspecified atom stereocenters. The minimum atomic E-state index is 0.212. The van der Waals surface area contributed by atoms with Gasteiger partial charge >= 0.3 is 0 Å². The highest BCUT2D eigenvalue weighted by molar-refractivity contribution is 7.99. The molecule has 1 heterocycles. The Kier molecular flexibility index (Phi) is 5.47. The number of hydrogen-bond donors (Lipinski definition) is 2. The first-order valence-electron chi connectivity index (χ1n) is 6.79. The second kappa shape index (κ2) is 7.12. The van der Waals surface area contributed by atoms with E-state index in [1.807, 2.05) is 12.4 Å². The molecule has 0 saturated heterocycles. The summed E-state index contributed by atoms with van der Waals surface area (Å²) in [6.07, 6.45) is 10.7. The maximum atomic E-state index is 5.68. The van der Waals surface area contributed by atoms with E-state index < -0.39 is 0 Å². The van der Waals surface area contributed by atoms with Gasteiger partial charge in [-0.15, -0.1) is 0 Å². The smallest absolute Gasteiger partial charge is 0.0565 e. The fraction of sp³-hybridized carbons (Fsp3) is 0.643. The van der Waals surface area contributed by atoms with E-state index in [1.165, 1.54) is 43.2 Å². The van der Waals surface area contributed by atoms with Crippen molar-refractivity contribution in [1.29, 1.82) is 0 Å². The maximum Gasteiger partial charge on any atom is 0.0565 e. The number of aromatic nitrogens is 1. The summed E-state index contributed by atoms with van der Waals surface area (Å²) < 4.78 is 0. The molecule has 3 N–H and O–H groups in total. The Morgan fingerprint density at radius 1 is 1.39 bits per heavy atom. The number of rotatable bonds is 5. The molecule has 0 bridgehead atoms. The number of pyridine rings is 1. The zero-order valence-corrected chi connectivity index (χ0v) is 11.9. The van der Waals surface area contributed by atoms with E-state index >= 15 is 0 Å². The number of hydrogen-bond acceptors (Lipinski definition) is 4. The van der Waals surface area contributed by atoms with Crippen molar-refractivity contribution in [2.75, 3.05) is 5.75 Å². The minimum Gasteiger partial charge on any atom is -0.271 e. The first-order chi connectivity index (χ1) is 8.79. The molecule has 1 saturated carbocycles. The molecule has 0 spiro atoms. The Balaban J connectivity index is 1.88. The van der Waals surface area contributed by atoms with E-state index in [0.717, 1.165) is 11.0 Å². The molecule has 18 heavy (non-hydrogen) atoms. The Labute approximate surface area is 114 Å².